The summed E-state index contributed by atoms with van der Waals surface area (Å²) in [5.41, 5.74) is 1.57. The Morgan fingerprint density at radius 3 is 3.15 bits per heavy atom. The predicted molar refractivity (Wildman–Crippen MR) is 53.7 cm³/mol. The van der Waals surface area contributed by atoms with Crippen LogP contribution in [0.5, 0.6) is 0 Å². The first-order chi connectivity index (χ1) is 6.40. The Hall–Kier alpha value is -1.16. The average Bonchev–Trinajstić information content (AvgIpc) is 2.18. The van der Waals surface area contributed by atoms with Crippen LogP contribution in [0, 0.1) is 0 Å². The Morgan fingerprint density at radius 2 is 2.31 bits per heavy atom. The van der Waals surface area contributed by atoms with Crippen molar-refractivity contribution in [3.8, 4) is 0 Å². The lowest BCUT2D eigenvalue weighted by Gasteiger charge is -1.98. The molecular formula is C9H9N3S. The molecule has 0 unspecified atom stereocenters. The Kier molecular flexibility index (Phi) is 2.40. The van der Waals surface area contributed by atoms with Gasteiger partial charge in [-0.2, -0.15) is 0 Å². The zero-order valence-electron chi connectivity index (χ0n) is 7.27. The number of rotatable bonds is 2. The van der Waals surface area contributed by atoms with Crippen molar-refractivity contribution < 1.29 is 0 Å². The van der Waals surface area contributed by atoms with Crippen molar-refractivity contribution in [2.75, 3.05) is 5.75 Å². The summed E-state index contributed by atoms with van der Waals surface area (Å²) in [5.74, 6) is 1.01. The van der Waals surface area contributed by atoms with E-state index in [2.05, 4.69) is 21.9 Å². The fourth-order valence-electron chi connectivity index (χ4n) is 1.05. The van der Waals surface area contributed by atoms with Crippen LogP contribution in [0.4, 0.5) is 0 Å². The third kappa shape index (κ3) is 1.78. The molecule has 13 heavy (non-hydrogen) atoms. The van der Waals surface area contributed by atoms with Crippen LogP contribution < -0.4 is 0 Å². The number of hydrogen-bond donors (Lipinski definition) is 0. The summed E-state index contributed by atoms with van der Waals surface area (Å²) in [7, 11) is 0. The van der Waals surface area contributed by atoms with Gasteiger partial charge in [0.25, 0.3) is 0 Å². The van der Waals surface area contributed by atoms with Gasteiger partial charge in [0.15, 0.2) is 5.65 Å². The van der Waals surface area contributed by atoms with Crippen LogP contribution in [0.2, 0.25) is 0 Å². The Bertz CT molecular complexity index is 416. The molecule has 2 rings (SSSR count). The van der Waals surface area contributed by atoms with Crippen molar-refractivity contribution in [2.24, 2.45) is 0 Å². The van der Waals surface area contributed by atoms with E-state index in [0.717, 1.165) is 21.9 Å². The van der Waals surface area contributed by atoms with Crippen LogP contribution >= 0.6 is 11.8 Å². The lowest BCUT2D eigenvalue weighted by atomic mass is 10.4. The summed E-state index contributed by atoms with van der Waals surface area (Å²) >= 11 is 1.68. The van der Waals surface area contributed by atoms with Gasteiger partial charge < -0.3 is 0 Å². The lowest BCUT2D eigenvalue weighted by Crippen LogP contribution is -1.88. The maximum atomic E-state index is 4.35. The van der Waals surface area contributed by atoms with Gasteiger partial charge in [-0.1, -0.05) is 6.92 Å². The molecule has 2 aromatic rings. The van der Waals surface area contributed by atoms with E-state index < -0.39 is 0 Å². The van der Waals surface area contributed by atoms with Gasteiger partial charge in [0.2, 0.25) is 0 Å². The van der Waals surface area contributed by atoms with Crippen molar-refractivity contribution in [3.63, 3.8) is 0 Å². The molecule has 0 bridgehead atoms. The molecule has 0 amide bonds. The summed E-state index contributed by atoms with van der Waals surface area (Å²) in [6, 6.07) is 3.78. The van der Waals surface area contributed by atoms with E-state index in [-0.39, 0.29) is 0 Å². The van der Waals surface area contributed by atoms with Gasteiger partial charge in [0, 0.05) is 6.20 Å². The largest absolute Gasteiger partial charge is 0.250 e. The summed E-state index contributed by atoms with van der Waals surface area (Å²) < 4.78 is 0. The summed E-state index contributed by atoms with van der Waals surface area (Å²) in [6.45, 7) is 2.09. The van der Waals surface area contributed by atoms with E-state index >= 15 is 0 Å². The zero-order chi connectivity index (χ0) is 9.10. The van der Waals surface area contributed by atoms with Gasteiger partial charge in [0.1, 0.15) is 10.5 Å². The molecular weight excluding hydrogens is 182 g/mol. The van der Waals surface area contributed by atoms with Crippen molar-refractivity contribution in [3.05, 3.63) is 24.5 Å². The van der Waals surface area contributed by atoms with Gasteiger partial charge in [-0.25, -0.2) is 9.97 Å². The summed E-state index contributed by atoms with van der Waals surface area (Å²) in [5, 5.41) is 0.939. The Balaban J connectivity index is 2.49. The number of nitrogens with zero attached hydrogens (tertiary/aromatic N) is 3. The average molecular weight is 191 g/mol. The highest BCUT2D eigenvalue weighted by Crippen LogP contribution is 2.15. The van der Waals surface area contributed by atoms with E-state index in [4.69, 9.17) is 0 Å². The fourth-order valence-corrected chi connectivity index (χ4v) is 1.62. The monoisotopic (exact) mass is 191 g/mol. The van der Waals surface area contributed by atoms with Crippen molar-refractivity contribution in [2.45, 2.75) is 11.9 Å². The molecule has 0 aliphatic rings. The van der Waals surface area contributed by atoms with E-state index in [1.807, 2.05) is 12.1 Å². The highest BCUT2D eigenvalue weighted by Gasteiger charge is 1.98. The minimum atomic E-state index is 0.723. The molecule has 66 valence electrons. The van der Waals surface area contributed by atoms with E-state index in [1.54, 1.807) is 24.2 Å². The molecule has 4 heteroatoms. The summed E-state index contributed by atoms with van der Waals surface area (Å²) in [4.78, 5) is 12.7. The van der Waals surface area contributed by atoms with E-state index in [1.165, 1.54) is 0 Å². The molecule has 0 N–H and O–H groups in total. The standard InChI is InChI=1S/C9H9N3S/c1-2-13-8-6-11-7-4-3-5-10-9(7)12-8/h3-6H,2H2,1H3. The quantitative estimate of drug-likeness (QED) is 0.682. The first-order valence-electron chi connectivity index (χ1n) is 4.10. The molecule has 0 saturated carbocycles. The molecule has 0 atom stereocenters. The van der Waals surface area contributed by atoms with Gasteiger partial charge in [-0.15, -0.1) is 11.8 Å². The lowest BCUT2D eigenvalue weighted by molar-refractivity contribution is 1.09. The molecule has 0 aliphatic carbocycles. The van der Waals surface area contributed by atoms with Crippen molar-refractivity contribution in [1.82, 2.24) is 15.0 Å². The minimum absolute atomic E-state index is 0.723. The molecule has 0 spiro atoms. The SMILES string of the molecule is CCSc1cnc2cccnc2n1. The van der Waals surface area contributed by atoms with Crippen LogP contribution in [-0.2, 0) is 0 Å². The highest BCUT2D eigenvalue weighted by atomic mass is 32.2. The normalized spacial score (nSPS) is 10.5. The Morgan fingerprint density at radius 1 is 1.38 bits per heavy atom. The highest BCUT2D eigenvalue weighted by molar-refractivity contribution is 7.99. The number of fused-ring (bicyclic) bond motifs is 1. The molecule has 0 aliphatic heterocycles. The van der Waals surface area contributed by atoms with Crippen LogP contribution in [-0.4, -0.2) is 20.7 Å². The topological polar surface area (TPSA) is 38.7 Å². The second kappa shape index (κ2) is 3.70. The van der Waals surface area contributed by atoms with Crippen molar-refractivity contribution in [1.29, 1.82) is 0 Å². The molecule has 0 saturated heterocycles. The van der Waals surface area contributed by atoms with Gasteiger partial charge in [0.05, 0.1) is 6.20 Å². The maximum Gasteiger partial charge on any atom is 0.179 e. The van der Waals surface area contributed by atoms with Crippen LogP contribution in [0.25, 0.3) is 11.2 Å². The molecule has 2 heterocycles. The molecule has 2 aromatic heterocycles. The van der Waals surface area contributed by atoms with Crippen molar-refractivity contribution >= 4 is 22.9 Å². The number of pyridine rings is 1. The number of hydrogen-bond acceptors (Lipinski definition) is 4. The number of thioether (sulfide) groups is 1. The van der Waals surface area contributed by atoms with Gasteiger partial charge in [-0.05, 0) is 17.9 Å². The first-order valence-corrected chi connectivity index (χ1v) is 5.09. The minimum Gasteiger partial charge on any atom is -0.250 e. The maximum absolute atomic E-state index is 4.35. The molecule has 3 nitrogen and oxygen atoms in total. The fraction of sp³-hybridized carbons (Fsp3) is 0.222. The van der Waals surface area contributed by atoms with Crippen LogP contribution in [0.3, 0.4) is 0 Å². The molecule has 0 fully saturated rings. The van der Waals surface area contributed by atoms with E-state index in [9.17, 15) is 0 Å². The third-order valence-electron chi connectivity index (χ3n) is 1.59. The second-order valence-corrected chi connectivity index (χ2v) is 3.77. The third-order valence-corrected chi connectivity index (χ3v) is 2.37. The summed E-state index contributed by atoms with van der Waals surface area (Å²) in [6.07, 6.45) is 3.52. The smallest absolute Gasteiger partial charge is 0.179 e. The zero-order valence-corrected chi connectivity index (χ0v) is 8.08. The van der Waals surface area contributed by atoms with Crippen LogP contribution in [0.15, 0.2) is 29.6 Å². The van der Waals surface area contributed by atoms with Gasteiger partial charge >= 0.3 is 0 Å². The molecule has 0 radical (unpaired) electrons. The Labute approximate surface area is 80.6 Å². The van der Waals surface area contributed by atoms with E-state index in [0.29, 0.717) is 0 Å². The molecule has 0 aromatic carbocycles. The first kappa shape index (κ1) is 8.44. The number of aromatic nitrogens is 3. The van der Waals surface area contributed by atoms with Gasteiger partial charge in [-0.3, -0.25) is 4.98 Å². The predicted octanol–water partition coefficient (Wildman–Crippen LogP) is 2.14. The van der Waals surface area contributed by atoms with Crippen LogP contribution in [0.1, 0.15) is 6.92 Å². The second-order valence-electron chi connectivity index (χ2n) is 2.49.